The van der Waals surface area contributed by atoms with Gasteiger partial charge >= 0.3 is 0 Å². The summed E-state index contributed by atoms with van der Waals surface area (Å²) >= 11 is 17.9. The van der Waals surface area contributed by atoms with Crippen LogP contribution in [0.2, 0.25) is 15.1 Å². The van der Waals surface area contributed by atoms with E-state index in [1.807, 2.05) is 0 Å². The summed E-state index contributed by atoms with van der Waals surface area (Å²) < 4.78 is 33.8. The maximum atomic E-state index is 13.4. The monoisotopic (exact) mass is 580 g/mol. The fraction of sp³-hybridized carbons (Fsp3) is 0.231. The molecule has 0 N–H and O–H groups in total. The van der Waals surface area contributed by atoms with Crippen molar-refractivity contribution >= 4 is 56.6 Å². The van der Waals surface area contributed by atoms with E-state index in [4.69, 9.17) is 39.5 Å². The highest BCUT2D eigenvalue weighted by Crippen LogP contribution is 2.27. The number of carbonyl (C=O) groups excluding carboxylic acids is 2. The zero-order valence-corrected chi connectivity index (χ0v) is 22.7. The highest BCUT2D eigenvalue weighted by Gasteiger charge is 2.35. The summed E-state index contributed by atoms with van der Waals surface area (Å²) in [5, 5.41) is 1.19. The second kappa shape index (κ2) is 11.8. The average molecular weight is 582 g/mol. The van der Waals surface area contributed by atoms with Crippen molar-refractivity contribution in [3.63, 3.8) is 0 Å². The molecule has 1 heterocycles. The first-order valence-corrected chi connectivity index (χ1v) is 14.0. The topological polar surface area (TPSA) is 84.0 Å². The summed E-state index contributed by atoms with van der Waals surface area (Å²) in [5.41, 5.74) is 0.718. The number of hydrogen-bond acceptors (Lipinski definition) is 5. The van der Waals surface area contributed by atoms with E-state index >= 15 is 0 Å². The lowest BCUT2D eigenvalue weighted by Crippen LogP contribution is -2.37. The Morgan fingerprint density at radius 2 is 1.41 bits per heavy atom. The van der Waals surface area contributed by atoms with E-state index < -0.39 is 10.0 Å². The number of carbonyl (C=O) groups is 2. The van der Waals surface area contributed by atoms with Gasteiger partial charge in [0.2, 0.25) is 10.0 Å². The van der Waals surface area contributed by atoms with Crippen LogP contribution in [0.1, 0.15) is 33.6 Å². The molecule has 0 spiro atoms. The van der Waals surface area contributed by atoms with E-state index in [9.17, 15) is 18.0 Å². The summed E-state index contributed by atoms with van der Waals surface area (Å²) in [4.78, 5) is 26.6. The van der Waals surface area contributed by atoms with Crippen molar-refractivity contribution in [2.24, 2.45) is 0 Å². The van der Waals surface area contributed by atoms with Crippen molar-refractivity contribution in [3.05, 3.63) is 92.9 Å². The maximum Gasteiger partial charge on any atom is 0.261 e. The van der Waals surface area contributed by atoms with Crippen LogP contribution in [-0.4, -0.2) is 55.7 Å². The first-order chi connectivity index (χ1) is 17.7. The van der Waals surface area contributed by atoms with Gasteiger partial charge in [-0.25, -0.2) is 8.42 Å². The molecule has 37 heavy (non-hydrogen) atoms. The fourth-order valence-corrected chi connectivity index (χ4v) is 5.88. The summed E-state index contributed by atoms with van der Waals surface area (Å²) in [6.07, 6.45) is 0.659. The van der Waals surface area contributed by atoms with Gasteiger partial charge in [-0.05, 0) is 61.4 Å². The van der Waals surface area contributed by atoms with E-state index in [1.54, 1.807) is 42.5 Å². The molecule has 3 aromatic rings. The third-order valence-corrected chi connectivity index (χ3v) is 8.73. The molecule has 11 heteroatoms. The molecule has 194 valence electrons. The third kappa shape index (κ3) is 6.27. The van der Waals surface area contributed by atoms with Gasteiger partial charge in [-0.2, -0.15) is 4.31 Å². The predicted molar refractivity (Wildman–Crippen MR) is 143 cm³/mol. The number of rotatable bonds is 11. The Labute approximate surface area is 230 Å². The normalized spacial score (nSPS) is 13.4. The minimum Gasteiger partial charge on any atom is -0.493 e. The Morgan fingerprint density at radius 1 is 0.784 bits per heavy atom. The average Bonchev–Trinajstić information content (AvgIpc) is 3.12. The van der Waals surface area contributed by atoms with E-state index in [-0.39, 0.29) is 49.4 Å². The van der Waals surface area contributed by atoms with Crippen molar-refractivity contribution in [2.45, 2.75) is 17.7 Å². The molecule has 4 rings (SSSR count). The van der Waals surface area contributed by atoms with Gasteiger partial charge in [-0.1, -0.05) is 46.9 Å². The lowest BCUT2D eigenvalue weighted by molar-refractivity contribution is 0.0650. The third-order valence-electron chi connectivity index (χ3n) is 5.83. The largest absolute Gasteiger partial charge is 0.493 e. The molecular formula is C26H23Cl3N2O5S. The van der Waals surface area contributed by atoms with Crippen LogP contribution in [0.4, 0.5) is 0 Å². The van der Waals surface area contributed by atoms with Gasteiger partial charge in [-0.3, -0.25) is 14.5 Å². The van der Waals surface area contributed by atoms with Gasteiger partial charge in [0.05, 0.1) is 32.7 Å². The minimum absolute atomic E-state index is 0.0960. The molecule has 0 unspecified atom stereocenters. The Kier molecular flexibility index (Phi) is 8.77. The van der Waals surface area contributed by atoms with Crippen molar-refractivity contribution in [1.29, 1.82) is 0 Å². The second-order valence-electron chi connectivity index (χ2n) is 8.30. The van der Waals surface area contributed by atoms with E-state index in [2.05, 4.69) is 0 Å². The number of sulfonamides is 1. The molecule has 0 aliphatic carbocycles. The molecule has 0 radical (unpaired) electrons. The molecule has 0 aromatic heterocycles. The quantitative estimate of drug-likeness (QED) is 0.211. The van der Waals surface area contributed by atoms with Crippen LogP contribution in [0.5, 0.6) is 5.75 Å². The number of halogens is 3. The number of hydrogen-bond donors (Lipinski definition) is 0. The molecule has 0 saturated carbocycles. The first kappa shape index (κ1) is 27.4. The van der Waals surface area contributed by atoms with E-state index in [1.165, 1.54) is 28.6 Å². The number of ether oxygens (including phenoxy) is 1. The number of fused-ring (bicyclic) bond motifs is 1. The highest BCUT2D eigenvalue weighted by molar-refractivity contribution is 7.89. The summed E-state index contributed by atoms with van der Waals surface area (Å²) in [6.45, 7) is 0.599. The lowest BCUT2D eigenvalue weighted by Gasteiger charge is -2.23. The molecule has 1 aliphatic heterocycles. The molecule has 2 amide bonds. The molecule has 0 saturated heterocycles. The maximum absolute atomic E-state index is 13.4. The van der Waals surface area contributed by atoms with Crippen molar-refractivity contribution in [1.82, 2.24) is 9.21 Å². The molecule has 3 aromatic carbocycles. The van der Waals surface area contributed by atoms with Crippen LogP contribution >= 0.6 is 34.8 Å². The van der Waals surface area contributed by atoms with Gasteiger partial charge in [0.1, 0.15) is 5.75 Å². The Balaban J connectivity index is 1.41. The molecule has 0 bridgehead atoms. The van der Waals surface area contributed by atoms with Crippen LogP contribution in [0.3, 0.4) is 0 Å². The number of imide groups is 1. The van der Waals surface area contributed by atoms with Gasteiger partial charge in [-0.15, -0.1) is 0 Å². The van der Waals surface area contributed by atoms with Crippen LogP contribution in [-0.2, 0) is 10.0 Å². The highest BCUT2D eigenvalue weighted by atomic mass is 35.5. The standard InChI is InChI=1S/C26H23Cl3N2O5S/c27-18-7-10-20(11-8-18)37(34,35)30(14-4-16-36-19-9-12-23(28)24(29)17-19)13-3-15-31-25(32)21-5-1-2-6-22(21)26(31)33/h1-2,5-12,17H,3-4,13-16H2. The van der Waals surface area contributed by atoms with Crippen LogP contribution in [0.15, 0.2) is 71.6 Å². The molecule has 0 atom stereocenters. The van der Waals surface area contributed by atoms with Gasteiger partial charge in [0, 0.05) is 30.7 Å². The minimum atomic E-state index is -3.86. The smallest absolute Gasteiger partial charge is 0.261 e. The van der Waals surface area contributed by atoms with E-state index in [0.29, 0.717) is 38.4 Å². The van der Waals surface area contributed by atoms with Crippen LogP contribution in [0.25, 0.3) is 0 Å². The Morgan fingerprint density at radius 3 is 2.03 bits per heavy atom. The Bertz CT molecular complexity index is 1380. The SMILES string of the molecule is O=C1c2ccccc2C(=O)N1CCCN(CCCOc1ccc(Cl)c(Cl)c1)S(=O)(=O)c1ccc(Cl)cc1. The molecule has 7 nitrogen and oxygen atoms in total. The zero-order valence-electron chi connectivity index (χ0n) is 19.6. The van der Waals surface area contributed by atoms with E-state index in [0.717, 1.165) is 4.90 Å². The summed E-state index contributed by atoms with van der Waals surface area (Å²) in [6, 6.07) is 17.4. The lowest BCUT2D eigenvalue weighted by atomic mass is 10.1. The predicted octanol–water partition coefficient (Wildman–Crippen LogP) is 5.79. The number of nitrogens with zero attached hydrogens (tertiary/aromatic N) is 2. The van der Waals surface area contributed by atoms with Gasteiger partial charge in [0.15, 0.2) is 0 Å². The molecular weight excluding hydrogens is 559 g/mol. The van der Waals surface area contributed by atoms with Crippen LogP contribution in [0, 0.1) is 0 Å². The summed E-state index contributed by atoms with van der Waals surface area (Å²) in [5.74, 6) is -0.224. The number of benzene rings is 3. The molecule has 1 aliphatic rings. The fourth-order valence-electron chi connectivity index (χ4n) is 3.95. The van der Waals surface area contributed by atoms with Gasteiger partial charge in [0.25, 0.3) is 11.8 Å². The number of amides is 2. The zero-order chi connectivity index (χ0) is 26.6. The first-order valence-electron chi connectivity index (χ1n) is 11.5. The van der Waals surface area contributed by atoms with Gasteiger partial charge < -0.3 is 4.74 Å². The molecule has 0 fully saturated rings. The Hall–Kier alpha value is -2.62. The second-order valence-corrected chi connectivity index (χ2v) is 11.5. The summed E-state index contributed by atoms with van der Waals surface area (Å²) in [7, 11) is -3.86. The van der Waals surface area contributed by atoms with Crippen molar-refractivity contribution < 1.29 is 22.7 Å². The van der Waals surface area contributed by atoms with Crippen LogP contribution < -0.4 is 4.74 Å². The van der Waals surface area contributed by atoms with Crippen molar-refractivity contribution in [2.75, 3.05) is 26.2 Å². The van der Waals surface area contributed by atoms with Crippen molar-refractivity contribution in [3.8, 4) is 5.75 Å².